The zero-order valence-electron chi connectivity index (χ0n) is 13.6. The van der Waals surface area contributed by atoms with Crippen LogP contribution in [0.15, 0.2) is 74.2 Å². The van der Waals surface area contributed by atoms with Crippen LogP contribution in [0.1, 0.15) is 10.4 Å². The van der Waals surface area contributed by atoms with Crippen molar-refractivity contribution in [3.8, 4) is 23.1 Å². The van der Waals surface area contributed by atoms with Crippen LogP contribution < -0.4 is 5.32 Å². The molecule has 0 aliphatic rings. The Hall–Kier alpha value is -3.26. The van der Waals surface area contributed by atoms with Crippen LogP contribution in [0, 0.1) is 5.82 Å². The molecule has 6 nitrogen and oxygen atoms in total. The molecule has 8 heteroatoms. The van der Waals surface area contributed by atoms with Gasteiger partial charge in [-0.1, -0.05) is 18.2 Å². The number of nitrogens with zero attached hydrogens (tertiary/aromatic N) is 2. The van der Waals surface area contributed by atoms with Crippen LogP contribution in [-0.4, -0.2) is 16.1 Å². The van der Waals surface area contributed by atoms with Gasteiger partial charge in [0.2, 0.25) is 5.89 Å². The first-order valence-corrected chi connectivity index (χ1v) is 8.65. The lowest BCUT2D eigenvalue weighted by atomic mass is 10.1. The molecule has 4 aromatic rings. The topological polar surface area (TPSA) is 81.2 Å². The number of anilines is 1. The number of carbonyl (C=O) groups is 1. The molecule has 0 spiro atoms. The largest absolute Gasteiger partial charge is 0.444 e. The highest BCUT2D eigenvalue weighted by atomic mass is 79.9. The summed E-state index contributed by atoms with van der Waals surface area (Å²) in [6.07, 6.45) is 0. The zero-order valence-corrected chi connectivity index (χ0v) is 15.2. The molecule has 0 aliphatic carbocycles. The van der Waals surface area contributed by atoms with Crippen molar-refractivity contribution in [3.63, 3.8) is 0 Å². The fraction of sp³-hybridized carbons (Fsp3) is 0. The molecule has 1 amide bonds. The van der Waals surface area contributed by atoms with Crippen molar-refractivity contribution in [1.29, 1.82) is 0 Å². The van der Waals surface area contributed by atoms with E-state index in [0.29, 0.717) is 21.7 Å². The minimum Gasteiger partial charge on any atom is -0.444 e. The molecule has 0 unspecified atom stereocenters. The van der Waals surface area contributed by atoms with Crippen LogP contribution in [0.4, 0.5) is 10.1 Å². The van der Waals surface area contributed by atoms with Gasteiger partial charge in [-0.05, 0) is 58.4 Å². The molecule has 0 saturated heterocycles. The summed E-state index contributed by atoms with van der Waals surface area (Å²) in [6.45, 7) is 0. The number of nitrogens with one attached hydrogen (secondary N) is 1. The SMILES string of the molecule is O=C(Nc1cccc(-c2nnc(-c3ccc(Br)o3)o2)c1)c1ccccc1F. The van der Waals surface area contributed by atoms with Gasteiger partial charge in [-0.15, -0.1) is 10.2 Å². The molecule has 0 bridgehead atoms. The van der Waals surface area contributed by atoms with E-state index in [1.54, 1.807) is 42.5 Å². The lowest BCUT2D eigenvalue weighted by molar-refractivity contribution is 0.102. The van der Waals surface area contributed by atoms with Gasteiger partial charge in [0.25, 0.3) is 11.8 Å². The summed E-state index contributed by atoms with van der Waals surface area (Å²) in [7, 11) is 0. The number of halogens is 2. The molecule has 2 aromatic heterocycles. The maximum Gasteiger partial charge on any atom is 0.283 e. The van der Waals surface area contributed by atoms with E-state index in [-0.39, 0.29) is 17.3 Å². The van der Waals surface area contributed by atoms with E-state index in [4.69, 9.17) is 8.83 Å². The smallest absolute Gasteiger partial charge is 0.283 e. The Morgan fingerprint density at radius 3 is 2.56 bits per heavy atom. The molecular weight excluding hydrogens is 417 g/mol. The van der Waals surface area contributed by atoms with Gasteiger partial charge in [-0.3, -0.25) is 4.79 Å². The van der Waals surface area contributed by atoms with Crippen molar-refractivity contribution < 1.29 is 18.0 Å². The van der Waals surface area contributed by atoms with Crippen LogP contribution >= 0.6 is 15.9 Å². The van der Waals surface area contributed by atoms with Crippen molar-refractivity contribution in [3.05, 3.63) is 76.7 Å². The molecule has 1 N–H and O–H groups in total. The van der Waals surface area contributed by atoms with Gasteiger partial charge in [0.15, 0.2) is 10.4 Å². The average Bonchev–Trinajstić information content (AvgIpc) is 3.31. The third-order valence-corrected chi connectivity index (χ3v) is 4.12. The van der Waals surface area contributed by atoms with Crippen molar-refractivity contribution in [2.24, 2.45) is 0 Å². The van der Waals surface area contributed by atoms with Gasteiger partial charge in [-0.2, -0.15) is 0 Å². The summed E-state index contributed by atoms with van der Waals surface area (Å²) in [5.41, 5.74) is 1.04. The van der Waals surface area contributed by atoms with E-state index in [1.165, 1.54) is 18.2 Å². The van der Waals surface area contributed by atoms with Crippen molar-refractivity contribution >= 4 is 27.5 Å². The molecule has 0 aliphatic heterocycles. The third-order valence-electron chi connectivity index (χ3n) is 3.69. The molecule has 4 rings (SSSR count). The molecule has 0 fully saturated rings. The quantitative estimate of drug-likeness (QED) is 0.486. The van der Waals surface area contributed by atoms with Crippen LogP contribution in [0.2, 0.25) is 0 Å². The molecule has 0 atom stereocenters. The summed E-state index contributed by atoms with van der Waals surface area (Å²) in [6, 6.07) is 16.0. The summed E-state index contributed by atoms with van der Waals surface area (Å²) in [4.78, 5) is 12.3. The predicted molar refractivity (Wildman–Crippen MR) is 99.5 cm³/mol. The maximum absolute atomic E-state index is 13.7. The fourth-order valence-electron chi connectivity index (χ4n) is 2.44. The van der Waals surface area contributed by atoms with Gasteiger partial charge in [0, 0.05) is 11.3 Å². The minimum absolute atomic E-state index is 0.0358. The standard InChI is InChI=1S/C19H11BrFN3O3/c20-16-9-8-15(26-16)19-24-23-18(27-19)11-4-3-5-12(10-11)22-17(25)13-6-1-2-7-14(13)21/h1-10H,(H,22,25). The Kier molecular flexibility index (Phi) is 4.55. The monoisotopic (exact) mass is 427 g/mol. The number of furan rings is 1. The molecular formula is C19H11BrFN3O3. The maximum atomic E-state index is 13.7. The molecule has 27 heavy (non-hydrogen) atoms. The highest BCUT2D eigenvalue weighted by Crippen LogP contribution is 2.28. The number of aromatic nitrogens is 2. The summed E-state index contributed by atoms with van der Waals surface area (Å²) in [5, 5.41) is 10.6. The first-order valence-electron chi connectivity index (χ1n) is 7.86. The highest BCUT2D eigenvalue weighted by molar-refractivity contribution is 9.10. The number of benzene rings is 2. The Bertz CT molecular complexity index is 1120. The van der Waals surface area contributed by atoms with Gasteiger partial charge in [0.05, 0.1) is 5.56 Å². The minimum atomic E-state index is -0.586. The molecule has 0 radical (unpaired) electrons. The van der Waals surface area contributed by atoms with Crippen molar-refractivity contribution in [1.82, 2.24) is 10.2 Å². The third kappa shape index (κ3) is 3.65. The van der Waals surface area contributed by atoms with Crippen LogP contribution in [-0.2, 0) is 0 Å². The van der Waals surface area contributed by atoms with E-state index in [1.807, 2.05) is 0 Å². The summed E-state index contributed by atoms with van der Waals surface area (Å²) in [5.74, 6) is -0.199. The number of hydrogen-bond acceptors (Lipinski definition) is 5. The fourth-order valence-corrected chi connectivity index (χ4v) is 2.75. The van der Waals surface area contributed by atoms with Crippen molar-refractivity contribution in [2.45, 2.75) is 0 Å². The predicted octanol–water partition coefficient (Wildman–Crippen LogP) is 5.15. The summed E-state index contributed by atoms with van der Waals surface area (Å²) < 4.78 is 25.3. The highest BCUT2D eigenvalue weighted by Gasteiger charge is 2.15. The van der Waals surface area contributed by atoms with Crippen molar-refractivity contribution in [2.75, 3.05) is 5.32 Å². The first-order chi connectivity index (χ1) is 13.1. The Labute approximate surface area is 161 Å². The lowest BCUT2D eigenvalue weighted by Gasteiger charge is -2.06. The lowest BCUT2D eigenvalue weighted by Crippen LogP contribution is -2.13. The Balaban J connectivity index is 1.57. The van der Waals surface area contributed by atoms with E-state index < -0.39 is 11.7 Å². The Morgan fingerprint density at radius 2 is 1.78 bits per heavy atom. The van der Waals surface area contributed by atoms with Gasteiger partial charge < -0.3 is 14.2 Å². The van der Waals surface area contributed by atoms with E-state index in [0.717, 1.165) is 0 Å². The van der Waals surface area contributed by atoms with Gasteiger partial charge in [-0.25, -0.2) is 4.39 Å². The molecule has 0 saturated carbocycles. The van der Waals surface area contributed by atoms with Gasteiger partial charge >= 0.3 is 0 Å². The second-order valence-electron chi connectivity index (χ2n) is 5.53. The second-order valence-corrected chi connectivity index (χ2v) is 6.31. The number of rotatable bonds is 4. The molecule has 134 valence electrons. The first kappa shape index (κ1) is 17.2. The van der Waals surface area contributed by atoms with E-state index in [2.05, 4.69) is 31.4 Å². The average molecular weight is 428 g/mol. The van der Waals surface area contributed by atoms with Crippen LogP contribution in [0.5, 0.6) is 0 Å². The number of hydrogen-bond donors (Lipinski definition) is 1. The van der Waals surface area contributed by atoms with Gasteiger partial charge in [0.1, 0.15) is 5.82 Å². The van der Waals surface area contributed by atoms with Crippen LogP contribution in [0.25, 0.3) is 23.1 Å². The van der Waals surface area contributed by atoms with Crippen LogP contribution in [0.3, 0.4) is 0 Å². The van der Waals surface area contributed by atoms with E-state index >= 15 is 0 Å². The summed E-state index contributed by atoms with van der Waals surface area (Å²) >= 11 is 3.21. The Morgan fingerprint density at radius 1 is 0.963 bits per heavy atom. The number of amides is 1. The van der Waals surface area contributed by atoms with E-state index in [9.17, 15) is 9.18 Å². The molecule has 2 aromatic carbocycles. The second kappa shape index (κ2) is 7.16. The zero-order chi connectivity index (χ0) is 18.8. The number of carbonyl (C=O) groups excluding carboxylic acids is 1. The molecule has 2 heterocycles. The normalized spacial score (nSPS) is 10.7.